The molecule has 134 valence electrons. The van der Waals surface area contributed by atoms with Gasteiger partial charge in [-0.2, -0.15) is 0 Å². The standard InChI is InChI=1S/C22H34O2/c1-14(23)18-7-8-19-17-6-5-15-13-16(24-4)9-11-21(15,2)20(17)10-12-22(18,19)3/h5,16-20H,6-13H2,1-4H3/t16?,17?,18-,19?,20?,21?,22?/m1/s1/i1D3,18D. The Balaban J connectivity index is 1.65. The van der Waals surface area contributed by atoms with Crippen LogP contribution in [-0.4, -0.2) is 19.0 Å². The van der Waals surface area contributed by atoms with E-state index in [-0.39, 0.29) is 11.3 Å². The highest BCUT2D eigenvalue weighted by Gasteiger charge is 2.59. The molecule has 0 N–H and O–H groups in total. The maximum atomic E-state index is 12.8. The fraction of sp³-hybridized carbons (Fsp3) is 0.864. The fourth-order valence-electron chi connectivity index (χ4n) is 7.01. The van der Waals surface area contributed by atoms with Gasteiger partial charge in [0, 0.05) is 18.5 Å². The predicted molar refractivity (Wildman–Crippen MR) is 96.7 cm³/mol. The topological polar surface area (TPSA) is 26.3 Å². The van der Waals surface area contributed by atoms with Gasteiger partial charge >= 0.3 is 0 Å². The maximum Gasteiger partial charge on any atom is 0.133 e. The van der Waals surface area contributed by atoms with Gasteiger partial charge in [0.15, 0.2) is 0 Å². The number of hydrogen-bond acceptors (Lipinski definition) is 2. The van der Waals surface area contributed by atoms with Gasteiger partial charge in [-0.15, -0.1) is 0 Å². The van der Waals surface area contributed by atoms with Gasteiger partial charge in [0.2, 0.25) is 0 Å². The van der Waals surface area contributed by atoms with Crippen molar-refractivity contribution in [2.45, 2.75) is 78.2 Å². The molecule has 0 aliphatic heterocycles. The smallest absolute Gasteiger partial charge is 0.133 e. The van der Waals surface area contributed by atoms with Crippen molar-refractivity contribution in [3.05, 3.63) is 11.6 Å². The third-order valence-corrected chi connectivity index (χ3v) is 8.45. The molecule has 0 spiro atoms. The predicted octanol–water partition coefficient (Wildman–Crippen LogP) is 5.17. The number of carbonyl (C=O) groups excluding carboxylic acids is 1. The molecule has 0 saturated heterocycles. The van der Waals surface area contributed by atoms with Crippen molar-refractivity contribution in [1.82, 2.24) is 0 Å². The largest absolute Gasteiger partial charge is 0.381 e. The monoisotopic (exact) mass is 334 g/mol. The molecule has 4 rings (SSSR count). The van der Waals surface area contributed by atoms with Crippen LogP contribution in [0.1, 0.15) is 77.5 Å². The number of methoxy groups -OCH3 is 1. The Kier molecular flexibility index (Phi) is 3.01. The summed E-state index contributed by atoms with van der Waals surface area (Å²) in [5.74, 6) is -0.990. The van der Waals surface area contributed by atoms with Gasteiger partial charge in [-0.05, 0) is 86.8 Å². The van der Waals surface area contributed by atoms with E-state index in [1.165, 1.54) is 0 Å². The Bertz CT molecular complexity index is 701. The third-order valence-electron chi connectivity index (χ3n) is 8.45. The number of hydrogen-bond donors (Lipinski definition) is 0. The molecule has 0 amide bonds. The quantitative estimate of drug-likeness (QED) is 0.651. The third kappa shape index (κ3) is 2.21. The van der Waals surface area contributed by atoms with E-state index in [0.717, 1.165) is 44.9 Å². The van der Waals surface area contributed by atoms with Crippen molar-refractivity contribution < 1.29 is 15.0 Å². The zero-order valence-electron chi connectivity index (χ0n) is 19.4. The van der Waals surface area contributed by atoms with E-state index in [1.807, 2.05) is 6.92 Å². The van der Waals surface area contributed by atoms with E-state index in [4.69, 9.17) is 10.2 Å². The van der Waals surface area contributed by atoms with Crippen molar-refractivity contribution in [2.24, 2.45) is 34.5 Å². The number of fused-ring (bicyclic) bond motifs is 5. The van der Waals surface area contributed by atoms with E-state index in [0.29, 0.717) is 24.4 Å². The van der Waals surface area contributed by atoms with Crippen LogP contribution in [-0.2, 0) is 9.53 Å². The van der Waals surface area contributed by atoms with E-state index >= 15 is 0 Å². The number of Topliss-reactive ketones (excluding diaryl/α,β-unsaturated/α-hetero) is 1. The van der Waals surface area contributed by atoms with Crippen LogP contribution in [0.4, 0.5) is 0 Å². The molecular weight excluding hydrogens is 296 g/mol. The molecule has 3 saturated carbocycles. The Labute approximate surface area is 153 Å². The summed E-state index contributed by atoms with van der Waals surface area (Å²) in [4.78, 5) is 12.8. The molecule has 4 aliphatic carbocycles. The van der Waals surface area contributed by atoms with E-state index < -0.39 is 23.9 Å². The molecule has 6 unspecified atom stereocenters. The second kappa shape index (κ2) is 5.69. The summed E-state index contributed by atoms with van der Waals surface area (Å²) in [6.07, 6.45) is 10.0. The summed E-state index contributed by atoms with van der Waals surface area (Å²) in [7, 11) is 1.81. The lowest BCUT2D eigenvalue weighted by atomic mass is 9.47. The molecule has 0 radical (unpaired) electrons. The van der Waals surface area contributed by atoms with Crippen molar-refractivity contribution in [2.75, 3.05) is 7.11 Å². The van der Waals surface area contributed by atoms with Gasteiger partial charge in [0.05, 0.1) is 6.10 Å². The van der Waals surface area contributed by atoms with Crippen LogP contribution in [0.2, 0.25) is 0 Å². The molecule has 4 aliphatic rings. The Hall–Kier alpha value is -0.630. The first-order valence-corrected chi connectivity index (χ1v) is 9.74. The summed E-state index contributed by atoms with van der Waals surface area (Å²) in [5, 5.41) is 0. The number of ketones is 1. The highest BCUT2D eigenvalue weighted by atomic mass is 16.5. The highest BCUT2D eigenvalue weighted by Crippen LogP contribution is 2.66. The second-order valence-electron chi connectivity index (χ2n) is 9.16. The Morgan fingerprint density at radius 1 is 1.25 bits per heavy atom. The number of allylic oxidation sites excluding steroid dienone is 1. The van der Waals surface area contributed by atoms with E-state index in [1.54, 1.807) is 12.7 Å². The van der Waals surface area contributed by atoms with Crippen molar-refractivity contribution >= 4 is 5.78 Å². The van der Waals surface area contributed by atoms with Gasteiger partial charge in [-0.3, -0.25) is 4.79 Å². The molecule has 2 heteroatoms. The fourth-order valence-corrected chi connectivity index (χ4v) is 7.01. The van der Waals surface area contributed by atoms with Crippen molar-refractivity contribution in [3.63, 3.8) is 0 Å². The minimum absolute atomic E-state index is 0.195. The van der Waals surface area contributed by atoms with Crippen molar-refractivity contribution in [1.29, 1.82) is 0 Å². The van der Waals surface area contributed by atoms with E-state index in [2.05, 4.69) is 13.0 Å². The van der Waals surface area contributed by atoms with Crippen molar-refractivity contribution in [3.8, 4) is 0 Å². The zero-order valence-corrected chi connectivity index (χ0v) is 15.4. The summed E-state index contributed by atoms with van der Waals surface area (Å²) in [5.41, 5.74) is 1.22. The van der Waals surface area contributed by atoms with Crippen LogP contribution in [0.5, 0.6) is 0 Å². The lowest BCUT2D eigenvalue weighted by molar-refractivity contribution is -0.127. The van der Waals surface area contributed by atoms with Crippen LogP contribution in [0.15, 0.2) is 11.6 Å². The molecule has 0 aromatic carbocycles. The first-order valence-electron chi connectivity index (χ1n) is 11.7. The minimum Gasteiger partial charge on any atom is -0.381 e. The lowest BCUT2D eigenvalue weighted by Gasteiger charge is -2.58. The number of ether oxygens (including phenoxy) is 1. The van der Waals surface area contributed by atoms with Gasteiger partial charge in [-0.1, -0.05) is 25.5 Å². The normalized spacial score (nSPS) is 56.5. The summed E-state index contributed by atoms with van der Waals surface area (Å²) in [6.45, 7) is 1.78. The van der Waals surface area contributed by atoms with Gasteiger partial charge < -0.3 is 4.74 Å². The second-order valence-corrected chi connectivity index (χ2v) is 9.16. The summed E-state index contributed by atoms with van der Waals surface area (Å²) in [6, 6.07) is 0. The molecule has 24 heavy (non-hydrogen) atoms. The Morgan fingerprint density at radius 3 is 2.83 bits per heavy atom. The average Bonchev–Trinajstić information content (AvgIpc) is 2.92. The highest BCUT2D eigenvalue weighted by molar-refractivity contribution is 5.79. The first-order chi connectivity index (χ1) is 13.0. The lowest BCUT2D eigenvalue weighted by Crippen LogP contribution is -2.51. The molecule has 0 heterocycles. The molecule has 7 atom stereocenters. The Morgan fingerprint density at radius 2 is 2.08 bits per heavy atom. The number of rotatable bonds is 2. The van der Waals surface area contributed by atoms with Crippen LogP contribution < -0.4 is 0 Å². The molecular formula is C22H34O2. The molecule has 0 bridgehead atoms. The van der Waals surface area contributed by atoms with Crippen LogP contribution >= 0.6 is 0 Å². The average molecular weight is 335 g/mol. The molecule has 2 nitrogen and oxygen atoms in total. The zero-order chi connectivity index (χ0) is 20.5. The maximum absolute atomic E-state index is 12.8. The van der Waals surface area contributed by atoms with Gasteiger partial charge in [-0.25, -0.2) is 0 Å². The van der Waals surface area contributed by atoms with Gasteiger partial charge in [0.25, 0.3) is 0 Å². The summed E-state index contributed by atoms with van der Waals surface area (Å²) < 4.78 is 37.5. The van der Waals surface area contributed by atoms with E-state index in [9.17, 15) is 4.79 Å². The minimum atomic E-state index is -2.68. The van der Waals surface area contributed by atoms with Crippen LogP contribution in [0.3, 0.4) is 0 Å². The molecule has 0 aromatic rings. The number of carbonyl (C=O) groups is 1. The van der Waals surface area contributed by atoms with Crippen LogP contribution in [0, 0.1) is 34.5 Å². The van der Waals surface area contributed by atoms with Gasteiger partial charge in [0.1, 0.15) is 5.78 Å². The molecule has 3 fully saturated rings. The van der Waals surface area contributed by atoms with Crippen LogP contribution in [0.25, 0.3) is 0 Å². The SMILES string of the molecule is [2H]C([2H])([2H])C(=O)[C@@]1([2H])CCC2C3CC=C4CC(OC)CCC4(C)C3CCC21C. The first kappa shape index (κ1) is 12.7. The molecule has 0 aromatic heterocycles. The summed E-state index contributed by atoms with van der Waals surface area (Å²) >= 11 is 0.